The van der Waals surface area contributed by atoms with E-state index >= 15 is 0 Å². The molecule has 1 atom stereocenters. The standard InChI is InChI=1S/C19H26N2O2/c1-12-7-13(2)9-17(8-12)21-14(3)10-18(16(21)5)19(23)20(6)15(4)11-22/h7-10,15,22H,11H2,1-6H3/t15-/m0/s1. The summed E-state index contributed by atoms with van der Waals surface area (Å²) in [5.41, 5.74) is 6.12. The van der Waals surface area contributed by atoms with E-state index in [-0.39, 0.29) is 18.6 Å². The van der Waals surface area contributed by atoms with Crippen molar-refractivity contribution < 1.29 is 9.90 Å². The maximum atomic E-state index is 12.7. The second kappa shape index (κ2) is 6.59. The van der Waals surface area contributed by atoms with Gasteiger partial charge in [-0.2, -0.15) is 0 Å². The molecule has 0 aliphatic heterocycles. The third-order valence-corrected chi connectivity index (χ3v) is 4.37. The minimum atomic E-state index is -0.202. The number of carbonyl (C=O) groups excluding carboxylic acids is 1. The monoisotopic (exact) mass is 314 g/mol. The number of carbonyl (C=O) groups is 1. The van der Waals surface area contributed by atoms with Crippen molar-refractivity contribution in [2.24, 2.45) is 0 Å². The molecular weight excluding hydrogens is 288 g/mol. The van der Waals surface area contributed by atoms with Crippen molar-refractivity contribution in [3.63, 3.8) is 0 Å². The fourth-order valence-corrected chi connectivity index (χ4v) is 2.97. The summed E-state index contributed by atoms with van der Waals surface area (Å²) in [5.74, 6) is -0.0599. The summed E-state index contributed by atoms with van der Waals surface area (Å²) in [7, 11) is 1.73. The van der Waals surface area contributed by atoms with E-state index in [4.69, 9.17) is 0 Å². The van der Waals surface area contributed by atoms with Gasteiger partial charge in [-0.1, -0.05) is 6.07 Å². The minimum Gasteiger partial charge on any atom is -0.394 e. The Kier molecular flexibility index (Phi) is 4.95. The molecule has 4 heteroatoms. The van der Waals surface area contributed by atoms with Crippen LogP contribution in [0, 0.1) is 27.7 Å². The van der Waals surface area contributed by atoms with Crippen molar-refractivity contribution in [2.45, 2.75) is 40.7 Å². The molecule has 2 aromatic rings. The highest BCUT2D eigenvalue weighted by Crippen LogP contribution is 2.24. The Labute approximate surface area is 138 Å². The molecule has 1 N–H and O–H groups in total. The zero-order chi connectivity index (χ0) is 17.3. The van der Waals surface area contributed by atoms with Crippen molar-refractivity contribution >= 4 is 5.91 Å². The Morgan fingerprint density at radius 1 is 1.13 bits per heavy atom. The average Bonchev–Trinajstić information content (AvgIpc) is 2.78. The fourth-order valence-electron chi connectivity index (χ4n) is 2.97. The maximum Gasteiger partial charge on any atom is 0.255 e. The second-order valence-electron chi connectivity index (χ2n) is 6.41. The van der Waals surface area contributed by atoms with Gasteiger partial charge in [-0.15, -0.1) is 0 Å². The summed E-state index contributed by atoms with van der Waals surface area (Å²) in [6, 6.07) is 8.12. The van der Waals surface area contributed by atoms with Crippen LogP contribution >= 0.6 is 0 Å². The molecule has 1 aromatic heterocycles. The summed E-state index contributed by atoms with van der Waals surface area (Å²) in [6.45, 7) is 9.92. The summed E-state index contributed by atoms with van der Waals surface area (Å²) >= 11 is 0. The number of rotatable bonds is 4. The Bertz CT molecular complexity index is 711. The molecular formula is C19H26N2O2. The van der Waals surface area contributed by atoms with Crippen LogP contribution in [-0.4, -0.2) is 40.2 Å². The lowest BCUT2D eigenvalue weighted by Crippen LogP contribution is -2.37. The number of hydrogen-bond donors (Lipinski definition) is 1. The van der Waals surface area contributed by atoms with E-state index in [1.165, 1.54) is 11.1 Å². The summed E-state index contributed by atoms with van der Waals surface area (Å²) in [5, 5.41) is 9.27. The fraction of sp³-hybridized carbons (Fsp3) is 0.421. The van der Waals surface area contributed by atoms with E-state index in [0.717, 1.165) is 17.1 Å². The van der Waals surface area contributed by atoms with E-state index in [2.05, 4.69) is 36.6 Å². The van der Waals surface area contributed by atoms with E-state index < -0.39 is 0 Å². The Balaban J connectivity index is 2.50. The lowest BCUT2D eigenvalue weighted by molar-refractivity contribution is 0.0681. The maximum absolute atomic E-state index is 12.7. The third-order valence-electron chi connectivity index (χ3n) is 4.37. The first kappa shape index (κ1) is 17.3. The molecule has 1 heterocycles. The highest BCUT2D eigenvalue weighted by molar-refractivity contribution is 5.96. The molecule has 0 radical (unpaired) electrons. The van der Waals surface area contributed by atoms with E-state index in [0.29, 0.717) is 5.56 Å². The van der Waals surface area contributed by atoms with E-state index in [1.54, 1.807) is 11.9 Å². The van der Waals surface area contributed by atoms with Crippen LogP contribution in [0.15, 0.2) is 24.3 Å². The molecule has 0 fully saturated rings. The van der Waals surface area contributed by atoms with Crippen molar-refractivity contribution in [3.05, 3.63) is 52.3 Å². The van der Waals surface area contributed by atoms with Crippen LogP contribution in [0.1, 0.15) is 39.8 Å². The number of nitrogens with zero attached hydrogens (tertiary/aromatic N) is 2. The first-order valence-corrected chi connectivity index (χ1v) is 7.92. The number of likely N-dealkylation sites (N-methyl/N-ethyl adjacent to an activating group) is 1. The van der Waals surface area contributed by atoms with Crippen LogP contribution in [0.4, 0.5) is 0 Å². The number of benzene rings is 1. The lowest BCUT2D eigenvalue weighted by Gasteiger charge is -2.23. The van der Waals surface area contributed by atoms with Gasteiger partial charge < -0.3 is 14.6 Å². The number of hydrogen-bond acceptors (Lipinski definition) is 2. The highest BCUT2D eigenvalue weighted by Gasteiger charge is 2.22. The van der Waals surface area contributed by atoms with Crippen molar-refractivity contribution in [1.82, 2.24) is 9.47 Å². The average molecular weight is 314 g/mol. The number of amides is 1. The van der Waals surface area contributed by atoms with Gasteiger partial charge in [0.1, 0.15) is 0 Å². The zero-order valence-corrected chi connectivity index (χ0v) is 14.8. The van der Waals surface area contributed by atoms with Gasteiger partial charge in [0.2, 0.25) is 0 Å². The molecule has 124 valence electrons. The van der Waals surface area contributed by atoms with Gasteiger partial charge in [0.25, 0.3) is 5.91 Å². The largest absolute Gasteiger partial charge is 0.394 e. The van der Waals surface area contributed by atoms with Gasteiger partial charge in [-0.25, -0.2) is 0 Å². The third kappa shape index (κ3) is 3.32. The van der Waals surface area contributed by atoms with Crippen LogP contribution < -0.4 is 0 Å². The van der Waals surface area contributed by atoms with Crippen LogP contribution in [0.25, 0.3) is 5.69 Å². The molecule has 4 nitrogen and oxygen atoms in total. The van der Waals surface area contributed by atoms with Crippen LogP contribution in [0.2, 0.25) is 0 Å². The molecule has 0 saturated carbocycles. The van der Waals surface area contributed by atoms with Crippen LogP contribution in [0.5, 0.6) is 0 Å². The van der Waals surface area contributed by atoms with Gasteiger partial charge in [-0.3, -0.25) is 4.79 Å². The number of aliphatic hydroxyl groups excluding tert-OH is 1. The predicted octanol–water partition coefficient (Wildman–Crippen LogP) is 3.16. The van der Waals surface area contributed by atoms with Crippen LogP contribution in [-0.2, 0) is 0 Å². The molecule has 23 heavy (non-hydrogen) atoms. The molecule has 0 aliphatic carbocycles. The van der Waals surface area contributed by atoms with Crippen LogP contribution in [0.3, 0.4) is 0 Å². The quantitative estimate of drug-likeness (QED) is 0.942. The van der Waals surface area contributed by atoms with Gasteiger partial charge in [0.05, 0.1) is 18.2 Å². The molecule has 0 spiro atoms. The highest BCUT2D eigenvalue weighted by atomic mass is 16.3. The first-order valence-electron chi connectivity index (χ1n) is 7.92. The first-order chi connectivity index (χ1) is 10.8. The van der Waals surface area contributed by atoms with Gasteiger partial charge in [0.15, 0.2) is 0 Å². The minimum absolute atomic E-state index is 0.0436. The van der Waals surface area contributed by atoms with Crippen molar-refractivity contribution in [3.8, 4) is 5.69 Å². The molecule has 0 unspecified atom stereocenters. The second-order valence-corrected chi connectivity index (χ2v) is 6.41. The summed E-state index contributed by atoms with van der Waals surface area (Å²) in [4.78, 5) is 14.3. The number of aliphatic hydroxyl groups is 1. The molecule has 0 aliphatic rings. The molecule has 1 aromatic carbocycles. The predicted molar refractivity (Wildman–Crippen MR) is 93.4 cm³/mol. The molecule has 2 rings (SSSR count). The zero-order valence-electron chi connectivity index (χ0n) is 14.8. The van der Waals surface area contributed by atoms with Gasteiger partial charge in [-0.05, 0) is 63.9 Å². The van der Waals surface area contributed by atoms with Gasteiger partial charge >= 0.3 is 0 Å². The molecule has 1 amide bonds. The molecule has 0 saturated heterocycles. The number of aryl methyl sites for hydroxylation is 3. The Morgan fingerprint density at radius 3 is 2.22 bits per heavy atom. The summed E-state index contributed by atoms with van der Waals surface area (Å²) < 4.78 is 2.12. The Morgan fingerprint density at radius 2 is 1.70 bits per heavy atom. The smallest absolute Gasteiger partial charge is 0.255 e. The van der Waals surface area contributed by atoms with Crippen molar-refractivity contribution in [2.75, 3.05) is 13.7 Å². The van der Waals surface area contributed by atoms with E-state index in [9.17, 15) is 9.90 Å². The SMILES string of the molecule is Cc1cc(C)cc(-n2c(C)cc(C(=O)N(C)[C@@H](C)CO)c2C)c1. The van der Waals surface area contributed by atoms with Crippen molar-refractivity contribution in [1.29, 1.82) is 0 Å². The van der Waals surface area contributed by atoms with E-state index in [1.807, 2.05) is 26.8 Å². The number of aromatic nitrogens is 1. The Hall–Kier alpha value is -2.07. The molecule has 0 bridgehead atoms. The topological polar surface area (TPSA) is 45.5 Å². The van der Waals surface area contributed by atoms with Gasteiger partial charge in [0, 0.05) is 24.1 Å². The normalized spacial score (nSPS) is 12.3. The lowest BCUT2D eigenvalue weighted by atomic mass is 10.1. The summed E-state index contributed by atoms with van der Waals surface area (Å²) in [6.07, 6.45) is 0.